The first-order chi connectivity index (χ1) is 1.41. The van der Waals surface area contributed by atoms with Crippen molar-refractivity contribution in [1.82, 2.24) is 0 Å². The molecule has 0 rings (SSSR count). The maximum absolute atomic E-state index is 4.99. The largest absolute Gasteiger partial charge is 2.00 e. The second-order valence-electron chi connectivity index (χ2n) is 0.101. The molecule has 0 aliphatic carbocycles. The topological polar surface area (TPSA) is 0 Å². The number of hydrogen-bond donors (Lipinski definition) is 0. The molecule has 0 unspecified atom stereocenters. The van der Waals surface area contributed by atoms with Gasteiger partial charge in [0.2, 0.25) is 0 Å². The van der Waals surface area contributed by atoms with Crippen LogP contribution in [-0.4, -0.2) is 23.1 Å². The molecule has 0 aromatic rings. The second kappa shape index (κ2) is 8.99. The van der Waals surface area contributed by atoms with Crippen molar-refractivity contribution in [1.29, 1.82) is 0 Å². The average molecular weight is 298 g/mol. The third kappa shape index (κ3) is 8.86. The van der Waals surface area contributed by atoms with Gasteiger partial charge in [0, 0.05) is 0 Å². The molecule has 0 heterocycles. The van der Waals surface area contributed by atoms with E-state index < -0.39 is 22.1 Å². The Kier molecular flexibility index (Phi) is 21.5. The molecule has 4 heteroatoms. The predicted octanol–water partition coefficient (Wildman–Crippen LogP) is 1.22. The van der Waals surface area contributed by atoms with Gasteiger partial charge in [0.25, 0.3) is 0 Å². The molecule has 0 fully saturated rings. The molecule has 0 spiro atoms. The molecule has 0 aromatic carbocycles. The van der Waals surface area contributed by atoms with E-state index in [4.69, 9.17) is 16.5 Å². The average Bonchev–Trinajstić information content (AvgIpc) is 0.918. The van der Waals surface area contributed by atoms with Crippen LogP contribution in [0.3, 0.4) is 0 Å². The molecule has 0 saturated heterocycles. The summed E-state index contributed by atoms with van der Waals surface area (Å²) in [5.41, 5.74) is 0. The minimum atomic E-state index is -1.14. The van der Waals surface area contributed by atoms with Crippen LogP contribution in [0.1, 0.15) is 2.85 Å². The van der Waals surface area contributed by atoms with Gasteiger partial charge in [-0.15, -0.1) is 0 Å². The van der Waals surface area contributed by atoms with E-state index in [1.807, 2.05) is 0 Å². The summed E-state index contributed by atoms with van der Waals surface area (Å²) >= 11 is -1.14. The van der Waals surface area contributed by atoms with Gasteiger partial charge in [0.05, 0.1) is 0 Å². The molecule has 0 radical (unpaired) electrons. The normalized spacial score (nSPS) is 2.50. The summed E-state index contributed by atoms with van der Waals surface area (Å²) in [5.74, 6) is 0. The van der Waals surface area contributed by atoms with Crippen molar-refractivity contribution in [3.63, 3.8) is 0 Å². The van der Waals surface area contributed by atoms with Crippen molar-refractivity contribution in [2.75, 3.05) is 0 Å². The van der Waals surface area contributed by atoms with Crippen LogP contribution in [0.5, 0.6) is 0 Å². The smallest absolute Gasteiger partial charge is 1.00 e. The molecular weight excluding hydrogens is 296 g/mol. The van der Waals surface area contributed by atoms with E-state index in [9.17, 15) is 0 Å². The Morgan fingerprint density at radius 3 is 1.50 bits per heavy atom. The molecule has 0 saturated carbocycles. The summed E-state index contributed by atoms with van der Waals surface area (Å²) < 4.78 is 0. The first-order valence-corrected chi connectivity index (χ1v) is 14.1. The zero-order chi connectivity index (χ0) is 2.71. The van der Waals surface area contributed by atoms with Gasteiger partial charge in [0.1, 0.15) is 0 Å². The summed E-state index contributed by atoms with van der Waals surface area (Å²) in [5, 5.41) is 0. The monoisotopic (exact) mass is 298 g/mol. The van der Waals surface area contributed by atoms with Crippen LogP contribution in [0.4, 0.5) is 0 Å². The van der Waals surface area contributed by atoms with Gasteiger partial charge in [-0.3, -0.25) is 0 Å². The molecule has 0 atom stereocenters. The van der Waals surface area contributed by atoms with Crippen molar-refractivity contribution in [3.8, 4) is 0 Å². The Balaban J connectivity index is -0.00000000667. The summed E-state index contributed by atoms with van der Waals surface area (Å²) in [6.45, 7) is 0. The van der Waals surface area contributed by atoms with E-state index in [-0.39, 0.29) is 25.9 Å². The van der Waals surface area contributed by atoms with Gasteiger partial charge in [-0.2, -0.15) is 0 Å². The van der Waals surface area contributed by atoms with E-state index in [1.165, 1.54) is 0 Å². The van der Waals surface area contributed by atoms with Crippen LogP contribution in [0.15, 0.2) is 0 Å². The van der Waals surface area contributed by atoms with Crippen LogP contribution in [0, 0.1) is 0 Å². The molecular formula is H2Cl2HgMg. The van der Waals surface area contributed by atoms with Gasteiger partial charge < -0.3 is 2.85 Å². The van der Waals surface area contributed by atoms with Crippen molar-refractivity contribution < 1.29 is 25.0 Å². The van der Waals surface area contributed by atoms with Crippen LogP contribution >= 0.6 is 16.5 Å². The molecule has 4 heavy (non-hydrogen) atoms. The summed E-state index contributed by atoms with van der Waals surface area (Å²) in [6, 6.07) is 0. The maximum atomic E-state index is 4.99. The molecule has 0 aromatic heterocycles. The fraction of sp³-hybridized carbons (Fsp3) is 0. The first-order valence-electron chi connectivity index (χ1n) is 0.535. The molecule has 0 aliphatic heterocycles. The van der Waals surface area contributed by atoms with Crippen LogP contribution in [-0.2, 0) is 22.1 Å². The Morgan fingerprint density at radius 1 is 1.50 bits per heavy atom. The fourth-order valence-corrected chi connectivity index (χ4v) is 0. The molecule has 0 aliphatic rings. The molecule has 20 valence electrons. The second-order valence-corrected chi connectivity index (χ2v) is 7.98. The van der Waals surface area contributed by atoms with E-state index >= 15 is 0 Å². The third-order valence-corrected chi connectivity index (χ3v) is 0. The fourth-order valence-electron chi connectivity index (χ4n) is 0. The van der Waals surface area contributed by atoms with E-state index in [0.29, 0.717) is 0 Å². The molecule has 0 bridgehead atoms. The zero-order valence-corrected chi connectivity index (χ0v) is 10.6. The number of halogens is 2. The maximum Gasteiger partial charge on any atom is 2.00 e. The Bertz CT molecular complexity index is 11.5. The van der Waals surface area contributed by atoms with Crippen molar-refractivity contribution in [2.45, 2.75) is 0 Å². The minimum absolute atomic E-state index is 0. The van der Waals surface area contributed by atoms with Crippen molar-refractivity contribution >= 4 is 39.6 Å². The standard InChI is InChI=1S/2ClH.Hg.Mg.2H/h2*1H;;;;/q;;2*+2;2*-1/p-2. The predicted molar refractivity (Wildman–Crippen MR) is 19.7 cm³/mol. The van der Waals surface area contributed by atoms with Crippen LogP contribution in [0.25, 0.3) is 0 Å². The van der Waals surface area contributed by atoms with E-state index in [1.54, 1.807) is 0 Å². The van der Waals surface area contributed by atoms with Gasteiger partial charge in [-0.05, 0) is 0 Å². The Labute approximate surface area is 63.7 Å². The Hall–Kier alpha value is 2.28. The first kappa shape index (κ1) is 9.56. The number of hydrogen-bond acceptors (Lipinski definition) is 0. The third-order valence-electron chi connectivity index (χ3n) is 0. The van der Waals surface area contributed by atoms with Gasteiger partial charge in [-0.1, -0.05) is 0 Å². The summed E-state index contributed by atoms with van der Waals surface area (Å²) in [6.07, 6.45) is 0. The van der Waals surface area contributed by atoms with Gasteiger partial charge in [0.15, 0.2) is 0 Å². The summed E-state index contributed by atoms with van der Waals surface area (Å²) in [4.78, 5) is 0. The Morgan fingerprint density at radius 2 is 1.50 bits per heavy atom. The van der Waals surface area contributed by atoms with Crippen LogP contribution < -0.4 is 0 Å². The molecule has 0 amide bonds. The van der Waals surface area contributed by atoms with Gasteiger partial charge >= 0.3 is 61.7 Å². The van der Waals surface area contributed by atoms with E-state index in [2.05, 4.69) is 0 Å². The quantitative estimate of drug-likeness (QED) is 0.590. The van der Waals surface area contributed by atoms with Crippen molar-refractivity contribution in [3.05, 3.63) is 0 Å². The van der Waals surface area contributed by atoms with Crippen LogP contribution in [0.2, 0.25) is 0 Å². The molecule has 0 nitrogen and oxygen atoms in total. The van der Waals surface area contributed by atoms with Gasteiger partial charge in [-0.25, -0.2) is 0 Å². The number of rotatable bonds is 0. The SMILES string of the molecule is [Cl][Hg][Cl].[H-].[H-].[Mg+2]. The molecule has 0 N–H and O–H groups in total. The minimum Gasteiger partial charge on any atom is -1.00 e. The van der Waals surface area contributed by atoms with E-state index in [0.717, 1.165) is 0 Å². The zero-order valence-electron chi connectivity index (χ0n) is 4.17. The summed E-state index contributed by atoms with van der Waals surface area (Å²) in [7, 11) is 9.97. The van der Waals surface area contributed by atoms with Crippen molar-refractivity contribution in [2.24, 2.45) is 0 Å².